The van der Waals surface area contributed by atoms with Crippen LogP contribution in [0.3, 0.4) is 0 Å². The summed E-state index contributed by atoms with van der Waals surface area (Å²) in [6, 6.07) is 12.8. The van der Waals surface area contributed by atoms with Gasteiger partial charge in [0.2, 0.25) is 12.7 Å². The highest BCUT2D eigenvalue weighted by atomic mass is 35.5. The molecule has 2 aromatic carbocycles. The van der Waals surface area contributed by atoms with Gasteiger partial charge >= 0.3 is 6.03 Å². The molecule has 0 atom stereocenters. The van der Waals surface area contributed by atoms with Crippen LogP contribution in [0.5, 0.6) is 11.5 Å². The zero-order valence-electron chi connectivity index (χ0n) is 18.7. The number of carbonyl (C=O) groups is 2. The largest absolute Gasteiger partial charge is 0.454 e. The van der Waals surface area contributed by atoms with Crippen LogP contribution < -0.4 is 14.8 Å². The average molecular weight is 516 g/mol. The first-order valence-electron chi connectivity index (χ1n) is 10.7. The van der Waals surface area contributed by atoms with Gasteiger partial charge in [0.1, 0.15) is 12.4 Å². The van der Waals surface area contributed by atoms with E-state index in [4.69, 9.17) is 21.1 Å². The molecule has 1 aliphatic rings. The number of ether oxygens (including phenoxy) is 2. The summed E-state index contributed by atoms with van der Waals surface area (Å²) in [6.07, 6.45) is 1.53. The number of rotatable bonds is 9. The van der Waals surface area contributed by atoms with E-state index < -0.39 is 11.8 Å². The maximum atomic E-state index is 13.5. The van der Waals surface area contributed by atoms with Gasteiger partial charge in [-0.2, -0.15) is 0 Å². The van der Waals surface area contributed by atoms with Gasteiger partial charge < -0.3 is 24.6 Å². The van der Waals surface area contributed by atoms with Crippen molar-refractivity contribution in [2.75, 3.05) is 25.2 Å². The van der Waals surface area contributed by atoms with Gasteiger partial charge in [0.15, 0.2) is 11.5 Å². The van der Waals surface area contributed by atoms with Crippen molar-refractivity contribution >= 4 is 40.6 Å². The number of nitrogens with zero attached hydrogens (tertiary/aromatic N) is 2. The third kappa shape index (κ3) is 6.32. The molecule has 0 bridgehead atoms. The Labute approximate surface area is 211 Å². The van der Waals surface area contributed by atoms with Crippen molar-refractivity contribution in [2.45, 2.75) is 13.1 Å². The van der Waals surface area contributed by atoms with Crippen molar-refractivity contribution < 1.29 is 23.5 Å². The topological polar surface area (TPSA) is 71.1 Å². The molecule has 3 aromatic rings. The summed E-state index contributed by atoms with van der Waals surface area (Å²) in [6.45, 7) is 4.54. The summed E-state index contributed by atoms with van der Waals surface area (Å²) >= 11 is 7.36. The van der Waals surface area contributed by atoms with E-state index >= 15 is 0 Å². The molecule has 0 radical (unpaired) electrons. The third-order valence-electron chi connectivity index (χ3n) is 5.22. The van der Waals surface area contributed by atoms with Crippen LogP contribution in [0, 0.1) is 5.82 Å². The normalized spacial score (nSPS) is 11.7. The number of amides is 3. The quantitative estimate of drug-likeness (QED) is 0.381. The molecule has 1 aliphatic heterocycles. The molecule has 1 N–H and O–H groups in total. The number of thiophene rings is 1. The van der Waals surface area contributed by atoms with Crippen LogP contribution in [0.15, 0.2) is 66.6 Å². The number of anilines is 1. The van der Waals surface area contributed by atoms with Gasteiger partial charge in [-0.15, -0.1) is 17.9 Å². The Bertz CT molecular complexity index is 1220. The molecule has 0 spiro atoms. The highest BCUT2D eigenvalue weighted by Crippen LogP contribution is 2.33. The SMILES string of the molecule is C=CCN(CC(=O)N(Cc1ccc2c(c1)OCO2)Cc1cccs1)C(=O)Nc1ccc(F)c(Cl)c1. The number of benzene rings is 2. The predicted molar refractivity (Wildman–Crippen MR) is 133 cm³/mol. The second kappa shape index (κ2) is 11.2. The molecule has 1 aromatic heterocycles. The number of hydrogen-bond donors (Lipinski definition) is 1. The fourth-order valence-corrected chi connectivity index (χ4v) is 4.40. The van der Waals surface area contributed by atoms with Crippen LogP contribution >= 0.6 is 22.9 Å². The lowest BCUT2D eigenvalue weighted by atomic mass is 10.2. The molecule has 0 unspecified atom stereocenters. The first-order chi connectivity index (χ1) is 16.9. The fraction of sp³-hybridized carbons (Fsp3) is 0.200. The van der Waals surface area contributed by atoms with Gasteiger partial charge in [0.25, 0.3) is 0 Å². The molecule has 4 rings (SSSR count). The van der Waals surface area contributed by atoms with Crippen molar-refractivity contribution in [2.24, 2.45) is 0 Å². The van der Waals surface area contributed by atoms with Crippen molar-refractivity contribution in [1.82, 2.24) is 9.80 Å². The zero-order chi connectivity index (χ0) is 24.8. The summed E-state index contributed by atoms with van der Waals surface area (Å²) in [5, 5.41) is 4.49. The third-order valence-corrected chi connectivity index (χ3v) is 6.37. The van der Waals surface area contributed by atoms with Crippen molar-refractivity contribution in [3.05, 3.63) is 87.8 Å². The van der Waals surface area contributed by atoms with Gasteiger partial charge in [-0.1, -0.05) is 29.8 Å². The molecule has 35 heavy (non-hydrogen) atoms. The number of nitrogens with one attached hydrogen (secondary N) is 1. The average Bonchev–Trinajstić information content (AvgIpc) is 3.52. The van der Waals surface area contributed by atoms with Gasteiger partial charge in [-0.05, 0) is 47.3 Å². The van der Waals surface area contributed by atoms with E-state index in [2.05, 4.69) is 11.9 Å². The lowest BCUT2D eigenvalue weighted by Crippen LogP contribution is -2.44. The molecule has 182 valence electrons. The first kappa shape index (κ1) is 24.6. The lowest BCUT2D eigenvalue weighted by molar-refractivity contribution is -0.132. The molecule has 2 heterocycles. The van der Waals surface area contributed by atoms with E-state index in [-0.39, 0.29) is 30.8 Å². The molecular formula is C25H23ClFN3O4S. The van der Waals surface area contributed by atoms with Gasteiger partial charge in [-0.3, -0.25) is 4.79 Å². The van der Waals surface area contributed by atoms with Crippen LogP contribution in [0.4, 0.5) is 14.9 Å². The Hall–Kier alpha value is -3.56. The summed E-state index contributed by atoms with van der Waals surface area (Å²) in [5.74, 6) is 0.469. The van der Waals surface area contributed by atoms with E-state index in [9.17, 15) is 14.0 Å². The smallest absolute Gasteiger partial charge is 0.322 e. The number of fused-ring (bicyclic) bond motifs is 1. The second-order valence-electron chi connectivity index (χ2n) is 7.75. The van der Waals surface area contributed by atoms with Crippen LogP contribution in [0.2, 0.25) is 5.02 Å². The molecule has 0 fully saturated rings. The van der Waals surface area contributed by atoms with E-state index in [1.165, 1.54) is 23.1 Å². The monoisotopic (exact) mass is 515 g/mol. The van der Waals surface area contributed by atoms with Gasteiger partial charge in [0, 0.05) is 23.7 Å². The highest BCUT2D eigenvalue weighted by Gasteiger charge is 2.23. The van der Waals surface area contributed by atoms with Crippen LogP contribution in [-0.2, 0) is 17.9 Å². The minimum absolute atomic E-state index is 0.111. The van der Waals surface area contributed by atoms with Crippen molar-refractivity contribution in [1.29, 1.82) is 0 Å². The van der Waals surface area contributed by atoms with E-state index in [0.717, 1.165) is 16.5 Å². The van der Waals surface area contributed by atoms with Crippen molar-refractivity contribution in [3.8, 4) is 11.5 Å². The summed E-state index contributed by atoms with van der Waals surface area (Å²) in [7, 11) is 0. The molecule has 0 saturated carbocycles. The summed E-state index contributed by atoms with van der Waals surface area (Å²) < 4.78 is 24.3. The Balaban J connectivity index is 1.49. The maximum Gasteiger partial charge on any atom is 0.322 e. The molecular weight excluding hydrogens is 493 g/mol. The van der Waals surface area contributed by atoms with E-state index in [1.54, 1.807) is 16.2 Å². The number of carbonyl (C=O) groups excluding carboxylic acids is 2. The molecule has 10 heteroatoms. The molecule has 0 saturated heterocycles. The second-order valence-corrected chi connectivity index (χ2v) is 9.18. The Morgan fingerprint density at radius 1 is 1.11 bits per heavy atom. The first-order valence-corrected chi connectivity index (χ1v) is 12.0. The van der Waals surface area contributed by atoms with Gasteiger partial charge in [0.05, 0.1) is 11.6 Å². The summed E-state index contributed by atoms with van der Waals surface area (Å²) in [4.78, 5) is 30.3. The summed E-state index contributed by atoms with van der Waals surface area (Å²) in [5.41, 5.74) is 1.19. The zero-order valence-corrected chi connectivity index (χ0v) is 20.3. The predicted octanol–water partition coefficient (Wildman–Crippen LogP) is 5.52. The maximum absolute atomic E-state index is 13.5. The standard InChI is InChI=1S/C25H23ClFN3O4S/c1-2-9-29(25(32)28-18-6-7-21(27)20(26)12-18)15-24(31)30(14-19-4-3-10-35-19)13-17-5-8-22-23(11-17)34-16-33-22/h2-8,10-12H,1,9,13-16H2,(H,28,32). The molecule has 3 amide bonds. The number of hydrogen-bond acceptors (Lipinski definition) is 5. The van der Waals surface area contributed by atoms with Gasteiger partial charge in [-0.25, -0.2) is 9.18 Å². The fourth-order valence-electron chi connectivity index (χ4n) is 3.50. The minimum atomic E-state index is -0.587. The highest BCUT2D eigenvalue weighted by molar-refractivity contribution is 7.09. The number of halogens is 2. The van der Waals surface area contributed by atoms with E-state index in [0.29, 0.717) is 30.3 Å². The van der Waals surface area contributed by atoms with Crippen molar-refractivity contribution in [3.63, 3.8) is 0 Å². The van der Waals surface area contributed by atoms with Crippen LogP contribution in [-0.4, -0.2) is 41.6 Å². The Kier molecular flexibility index (Phi) is 7.89. The Morgan fingerprint density at radius 2 is 1.94 bits per heavy atom. The van der Waals surface area contributed by atoms with E-state index in [1.807, 2.05) is 35.7 Å². The van der Waals surface area contributed by atoms with Crippen LogP contribution in [0.1, 0.15) is 10.4 Å². The van der Waals surface area contributed by atoms with Crippen LogP contribution in [0.25, 0.3) is 0 Å². The lowest BCUT2D eigenvalue weighted by Gasteiger charge is -2.27. The Morgan fingerprint density at radius 3 is 2.69 bits per heavy atom. The minimum Gasteiger partial charge on any atom is -0.454 e. The molecule has 7 nitrogen and oxygen atoms in total. The molecule has 0 aliphatic carbocycles. The number of urea groups is 1.